The van der Waals surface area contributed by atoms with Crippen molar-refractivity contribution in [2.75, 3.05) is 26.0 Å². The molecule has 4 aromatic rings. The maximum Gasteiger partial charge on any atom is 0.230 e. The predicted molar refractivity (Wildman–Crippen MR) is 129 cm³/mol. The van der Waals surface area contributed by atoms with Gasteiger partial charge >= 0.3 is 0 Å². The van der Waals surface area contributed by atoms with Gasteiger partial charge in [-0.25, -0.2) is 4.39 Å². The van der Waals surface area contributed by atoms with E-state index in [9.17, 15) is 9.18 Å². The van der Waals surface area contributed by atoms with E-state index in [-0.39, 0.29) is 11.7 Å². The number of aromatic nitrogens is 3. The molecule has 9 heteroatoms. The molecule has 1 heterocycles. The predicted octanol–water partition coefficient (Wildman–Crippen LogP) is 4.37. The largest absolute Gasteiger partial charge is 0.497 e. The van der Waals surface area contributed by atoms with Crippen molar-refractivity contribution < 1.29 is 18.7 Å². The van der Waals surface area contributed by atoms with Gasteiger partial charge in [-0.2, -0.15) is 0 Å². The van der Waals surface area contributed by atoms with Gasteiger partial charge in [-0.05, 0) is 48.5 Å². The molecule has 0 spiro atoms. The minimum Gasteiger partial charge on any atom is -0.497 e. The van der Waals surface area contributed by atoms with E-state index in [1.54, 1.807) is 42.0 Å². The van der Waals surface area contributed by atoms with Gasteiger partial charge in [0.25, 0.3) is 0 Å². The number of nitrogens with zero attached hydrogens (tertiary/aromatic N) is 3. The number of hydrogen-bond donors (Lipinski definition) is 1. The Morgan fingerprint density at radius 2 is 1.68 bits per heavy atom. The molecule has 0 radical (unpaired) electrons. The number of nitrogens with one attached hydrogen (secondary N) is 1. The Labute approximate surface area is 200 Å². The van der Waals surface area contributed by atoms with E-state index in [1.165, 1.54) is 17.8 Å². The Hall–Kier alpha value is -3.85. The highest BCUT2D eigenvalue weighted by molar-refractivity contribution is 7.99. The van der Waals surface area contributed by atoms with Crippen LogP contribution in [0.15, 0.2) is 84.0 Å². The fraction of sp³-hybridized carbons (Fsp3) is 0.160. The van der Waals surface area contributed by atoms with E-state index < -0.39 is 5.82 Å². The fourth-order valence-electron chi connectivity index (χ4n) is 3.20. The van der Waals surface area contributed by atoms with Crippen LogP contribution in [0, 0.1) is 5.82 Å². The quantitative estimate of drug-likeness (QED) is 0.269. The lowest BCUT2D eigenvalue weighted by molar-refractivity contribution is -0.118. The Balaban J connectivity index is 1.37. The summed E-state index contributed by atoms with van der Waals surface area (Å²) in [7, 11) is 1.60. The van der Waals surface area contributed by atoms with Crippen LogP contribution < -0.4 is 14.8 Å². The Bertz CT molecular complexity index is 1230. The molecule has 3 aromatic carbocycles. The third kappa shape index (κ3) is 5.74. The molecular weight excluding hydrogens is 455 g/mol. The van der Waals surface area contributed by atoms with Gasteiger partial charge in [-0.15, -0.1) is 10.2 Å². The first-order valence-corrected chi connectivity index (χ1v) is 11.6. The van der Waals surface area contributed by atoms with Crippen LogP contribution in [0.25, 0.3) is 17.1 Å². The van der Waals surface area contributed by atoms with Crippen LogP contribution in [-0.4, -0.2) is 46.7 Å². The van der Waals surface area contributed by atoms with Crippen LogP contribution in [0.1, 0.15) is 0 Å². The molecule has 1 aromatic heterocycles. The first kappa shape index (κ1) is 23.3. The molecule has 1 amide bonds. The molecule has 1 N–H and O–H groups in total. The van der Waals surface area contributed by atoms with Crippen molar-refractivity contribution in [2.24, 2.45) is 0 Å². The summed E-state index contributed by atoms with van der Waals surface area (Å²) in [6.45, 7) is 0.692. The highest BCUT2D eigenvalue weighted by Crippen LogP contribution is 2.29. The van der Waals surface area contributed by atoms with Crippen molar-refractivity contribution in [1.29, 1.82) is 0 Å². The van der Waals surface area contributed by atoms with E-state index in [1.807, 2.05) is 42.5 Å². The van der Waals surface area contributed by atoms with E-state index in [0.29, 0.717) is 35.4 Å². The monoisotopic (exact) mass is 478 g/mol. The van der Waals surface area contributed by atoms with E-state index >= 15 is 0 Å². The molecule has 0 aliphatic heterocycles. The van der Waals surface area contributed by atoms with Gasteiger partial charge in [0, 0.05) is 5.69 Å². The number of hydrogen-bond acceptors (Lipinski definition) is 6. The minimum absolute atomic E-state index is 0.130. The molecular formula is C25H23FN4O3S. The summed E-state index contributed by atoms with van der Waals surface area (Å²) in [6.07, 6.45) is 0. The molecule has 0 atom stereocenters. The first-order valence-electron chi connectivity index (χ1n) is 10.6. The maximum atomic E-state index is 14.5. The molecule has 174 valence electrons. The van der Waals surface area contributed by atoms with E-state index in [0.717, 1.165) is 11.4 Å². The number of rotatable bonds is 10. The Morgan fingerprint density at radius 1 is 0.971 bits per heavy atom. The van der Waals surface area contributed by atoms with Gasteiger partial charge in [0.2, 0.25) is 5.91 Å². The molecule has 0 aliphatic rings. The normalized spacial score (nSPS) is 10.6. The number of carbonyl (C=O) groups excluding carboxylic acids is 1. The summed E-state index contributed by atoms with van der Waals surface area (Å²) in [6, 6.07) is 23.1. The van der Waals surface area contributed by atoms with Gasteiger partial charge in [0.05, 0.1) is 25.0 Å². The summed E-state index contributed by atoms with van der Waals surface area (Å²) in [4.78, 5) is 12.4. The van der Waals surface area contributed by atoms with Crippen molar-refractivity contribution in [2.45, 2.75) is 5.16 Å². The van der Waals surface area contributed by atoms with Crippen LogP contribution in [0.5, 0.6) is 11.5 Å². The van der Waals surface area contributed by atoms with Gasteiger partial charge in [-0.1, -0.05) is 42.1 Å². The summed E-state index contributed by atoms with van der Waals surface area (Å²) < 4.78 is 26.9. The third-order valence-corrected chi connectivity index (χ3v) is 5.78. The van der Waals surface area contributed by atoms with Gasteiger partial charge in [0.15, 0.2) is 11.0 Å². The molecule has 0 unspecified atom stereocenters. The van der Waals surface area contributed by atoms with Crippen LogP contribution in [0.4, 0.5) is 4.39 Å². The zero-order valence-corrected chi connectivity index (χ0v) is 19.3. The van der Waals surface area contributed by atoms with Crippen LogP contribution in [-0.2, 0) is 4.79 Å². The zero-order chi connectivity index (χ0) is 23.8. The van der Waals surface area contributed by atoms with Crippen LogP contribution >= 0.6 is 11.8 Å². The lowest BCUT2D eigenvalue weighted by Gasteiger charge is -2.11. The van der Waals surface area contributed by atoms with Crippen molar-refractivity contribution in [3.05, 3.63) is 84.7 Å². The van der Waals surface area contributed by atoms with E-state index in [2.05, 4.69) is 15.5 Å². The van der Waals surface area contributed by atoms with Crippen molar-refractivity contribution in [3.8, 4) is 28.6 Å². The fourth-order valence-corrected chi connectivity index (χ4v) is 3.98. The number of para-hydroxylation sites is 1. The number of carbonyl (C=O) groups is 1. The lowest BCUT2D eigenvalue weighted by Crippen LogP contribution is -2.29. The van der Waals surface area contributed by atoms with Gasteiger partial charge < -0.3 is 14.8 Å². The van der Waals surface area contributed by atoms with Crippen molar-refractivity contribution >= 4 is 17.7 Å². The standard InChI is InChI=1S/C25H23FN4O3S/c1-32-19-11-13-20(14-12-19)33-16-15-27-23(31)17-34-25-29-28-24(21-9-5-6-10-22(21)26)30(25)18-7-3-2-4-8-18/h2-14H,15-17H2,1H3,(H,27,31). The molecule has 7 nitrogen and oxygen atoms in total. The summed E-state index contributed by atoms with van der Waals surface area (Å²) in [5.74, 6) is 1.39. The topological polar surface area (TPSA) is 78.3 Å². The van der Waals surface area contributed by atoms with Crippen LogP contribution in [0.3, 0.4) is 0 Å². The zero-order valence-electron chi connectivity index (χ0n) is 18.5. The Kier molecular flexibility index (Phi) is 7.77. The summed E-state index contributed by atoms with van der Waals surface area (Å²) in [5.41, 5.74) is 1.12. The molecule has 0 saturated heterocycles. The second-order valence-electron chi connectivity index (χ2n) is 7.12. The highest BCUT2D eigenvalue weighted by atomic mass is 32.2. The number of halogens is 1. The number of amides is 1. The van der Waals surface area contributed by atoms with Crippen molar-refractivity contribution in [1.82, 2.24) is 20.1 Å². The van der Waals surface area contributed by atoms with E-state index in [4.69, 9.17) is 9.47 Å². The second-order valence-corrected chi connectivity index (χ2v) is 8.06. The smallest absolute Gasteiger partial charge is 0.230 e. The second kappa shape index (κ2) is 11.3. The number of methoxy groups -OCH3 is 1. The Morgan fingerprint density at radius 3 is 2.41 bits per heavy atom. The SMILES string of the molecule is COc1ccc(OCCNC(=O)CSc2nnc(-c3ccccc3F)n2-c2ccccc2)cc1. The summed E-state index contributed by atoms with van der Waals surface area (Å²) >= 11 is 1.23. The molecule has 34 heavy (non-hydrogen) atoms. The third-order valence-electron chi connectivity index (χ3n) is 4.85. The molecule has 4 rings (SSSR count). The van der Waals surface area contributed by atoms with Gasteiger partial charge in [-0.3, -0.25) is 9.36 Å². The molecule has 0 bridgehead atoms. The highest BCUT2D eigenvalue weighted by Gasteiger charge is 2.19. The number of benzene rings is 3. The number of ether oxygens (including phenoxy) is 2. The summed E-state index contributed by atoms with van der Waals surface area (Å²) in [5, 5.41) is 11.8. The maximum absolute atomic E-state index is 14.5. The number of thioether (sulfide) groups is 1. The van der Waals surface area contributed by atoms with Crippen molar-refractivity contribution in [3.63, 3.8) is 0 Å². The van der Waals surface area contributed by atoms with Crippen LogP contribution in [0.2, 0.25) is 0 Å². The average molecular weight is 479 g/mol. The molecule has 0 aliphatic carbocycles. The minimum atomic E-state index is -0.391. The van der Waals surface area contributed by atoms with Gasteiger partial charge in [0.1, 0.15) is 23.9 Å². The average Bonchev–Trinajstić information content (AvgIpc) is 3.30. The lowest BCUT2D eigenvalue weighted by atomic mass is 10.2. The molecule has 0 fully saturated rings. The first-order chi connectivity index (χ1) is 16.7. The molecule has 0 saturated carbocycles.